The molecule has 2 rings (SSSR count). The minimum absolute atomic E-state index is 0.145. The molecule has 0 bridgehead atoms. The van der Waals surface area contributed by atoms with Crippen molar-refractivity contribution in [3.8, 4) is 0 Å². The van der Waals surface area contributed by atoms with Crippen LogP contribution in [0.4, 0.5) is 0 Å². The first kappa shape index (κ1) is 14.9. The van der Waals surface area contributed by atoms with Gasteiger partial charge in [0.2, 0.25) is 0 Å². The Balaban J connectivity index is 1.78. The first-order chi connectivity index (χ1) is 9.33. The number of guanidine groups is 1. The molecule has 0 radical (unpaired) electrons. The average Bonchev–Trinajstić information content (AvgIpc) is 2.49. The second-order valence-corrected chi connectivity index (χ2v) is 6.25. The Bertz CT molecular complexity index is 296. The lowest BCUT2D eigenvalue weighted by Crippen LogP contribution is -2.50. The first-order valence-electron chi connectivity index (χ1n) is 7.10. The van der Waals surface area contributed by atoms with Gasteiger partial charge < -0.3 is 19.7 Å². The number of nitrogens with zero attached hydrogens (tertiary/aromatic N) is 2. The summed E-state index contributed by atoms with van der Waals surface area (Å²) in [4.78, 5) is 6.75. The van der Waals surface area contributed by atoms with Crippen LogP contribution in [0.25, 0.3) is 0 Å². The Morgan fingerprint density at radius 3 is 3.05 bits per heavy atom. The van der Waals surface area contributed by atoms with Gasteiger partial charge in [-0.2, -0.15) is 11.8 Å². The van der Waals surface area contributed by atoms with E-state index in [2.05, 4.69) is 33.9 Å². The molecule has 0 spiro atoms. The second-order valence-electron chi connectivity index (χ2n) is 4.84. The standard InChI is InChI=1S/C13H25N3O2S/c1-3-12-9-16(4-7-19-12)13(14-2)15-8-11-10-17-5-6-18-11/h11-12H,3-10H2,1-2H3,(H,14,15). The molecular weight excluding hydrogens is 262 g/mol. The predicted molar refractivity (Wildman–Crippen MR) is 80.0 cm³/mol. The van der Waals surface area contributed by atoms with E-state index in [1.807, 2.05) is 7.05 Å². The van der Waals surface area contributed by atoms with E-state index in [-0.39, 0.29) is 6.10 Å². The number of rotatable bonds is 3. The van der Waals surface area contributed by atoms with Crippen molar-refractivity contribution in [1.29, 1.82) is 0 Å². The number of ether oxygens (including phenoxy) is 2. The number of nitrogens with one attached hydrogen (secondary N) is 1. The van der Waals surface area contributed by atoms with Crippen LogP contribution in [-0.4, -0.2) is 74.5 Å². The summed E-state index contributed by atoms with van der Waals surface area (Å²) < 4.78 is 11.0. The highest BCUT2D eigenvalue weighted by Gasteiger charge is 2.22. The molecule has 0 aromatic rings. The molecule has 110 valence electrons. The maximum Gasteiger partial charge on any atom is 0.193 e. The van der Waals surface area contributed by atoms with E-state index in [0.717, 1.165) is 30.8 Å². The molecule has 0 aromatic carbocycles. The fourth-order valence-electron chi connectivity index (χ4n) is 2.35. The van der Waals surface area contributed by atoms with E-state index in [9.17, 15) is 0 Å². The highest BCUT2D eigenvalue weighted by molar-refractivity contribution is 8.00. The van der Waals surface area contributed by atoms with Gasteiger partial charge in [-0.25, -0.2) is 0 Å². The van der Waals surface area contributed by atoms with Gasteiger partial charge >= 0.3 is 0 Å². The monoisotopic (exact) mass is 287 g/mol. The molecule has 0 aliphatic carbocycles. The Hall–Kier alpha value is -0.460. The van der Waals surface area contributed by atoms with Crippen molar-refractivity contribution in [1.82, 2.24) is 10.2 Å². The van der Waals surface area contributed by atoms with Crippen molar-refractivity contribution < 1.29 is 9.47 Å². The molecule has 19 heavy (non-hydrogen) atoms. The molecule has 2 unspecified atom stereocenters. The van der Waals surface area contributed by atoms with Crippen molar-refractivity contribution in [2.75, 3.05) is 52.3 Å². The van der Waals surface area contributed by atoms with E-state index >= 15 is 0 Å². The lowest BCUT2D eigenvalue weighted by molar-refractivity contribution is -0.0851. The van der Waals surface area contributed by atoms with Crippen LogP contribution in [0.3, 0.4) is 0 Å². The third kappa shape index (κ3) is 4.54. The van der Waals surface area contributed by atoms with E-state index in [4.69, 9.17) is 9.47 Å². The van der Waals surface area contributed by atoms with E-state index in [0.29, 0.717) is 19.8 Å². The first-order valence-corrected chi connectivity index (χ1v) is 8.15. The largest absolute Gasteiger partial charge is 0.376 e. The Labute approximate surface area is 120 Å². The Morgan fingerprint density at radius 2 is 2.37 bits per heavy atom. The van der Waals surface area contributed by atoms with Crippen LogP contribution >= 0.6 is 11.8 Å². The highest BCUT2D eigenvalue weighted by Crippen LogP contribution is 2.20. The maximum atomic E-state index is 5.64. The molecule has 2 aliphatic rings. The summed E-state index contributed by atoms with van der Waals surface area (Å²) in [5, 5.41) is 4.14. The fourth-order valence-corrected chi connectivity index (χ4v) is 3.53. The highest BCUT2D eigenvalue weighted by atomic mass is 32.2. The zero-order chi connectivity index (χ0) is 13.5. The minimum Gasteiger partial charge on any atom is -0.376 e. The van der Waals surface area contributed by atoms with E-state index in [1.165, 1.54) is 12.2 Å². The molecule has 2 heterocycles. The van der Waals surface area contributed by atoms with Crippen molar-refractivity contribution in [2.45, 2.75) is 24.7 Å². The molecule has 5 nitrogen and oxygen atoms in total. The zero-order valence-electron chi connectivity index (χ0n) is 11.9. The number of hydrogen-bond donors (Lipinski definition) is 1. The van der Waals surface area contributed by atoms with Crippen molar-refractivity contribution >= 4 is 17.7 Å². The second kappa shape index (κ2) is 7.97. The van der Waals surface area contributed by atoms with Crippen LogP contribution < -0.4 is 5.32 Å². The minimum atomic E-state index is 0.145. The van der Waals surface area contributed by atoms with Crippen LogP contribution in [0, 0.1) is 0 Å². The lowest BCUT2D eigenvalue weighted by Gasteiger charge is -2.35. The van der Waals surface area contributed by atoms with Crippen LogP contribution in [0.2, 0.25) is 0 Å². The number of hydrogen-bond acceptors (Lipinski definition) is 4. The number of aliphatic imine (C=N–C) groups is 1. The molecule has 2 saturated heterocycles. The third-order valence-corrected chi connectivity index (χ3v) is 4.85. The summed E-state index contributed by atoms with van der Waals surface area (Å²) in [5.74, 6) is 2.18. The van der Waals surface area contributed by atoms with Crippen molar-refractivity contribution in [2.24, 2.45) is 4.99 Å². The van der Waals surface area contributed by atoms with Gasteiger partial charge in [-0.1, -0.05) is 6.92 Å². The van der Waals surface area contributed by atoms with Crippen LogP contribution in [0.5, 0.6) is 0 Å². The molecule has 2 fully saturated rings. The van der Waals surface area contributed by atoms with Gasteiger partial charge in [0.15, 0.2) is 5.96 Å². The molecule has 6 heteroatoms. The molecule has 2 aliphatic heterocycles. The van der Waals surface area contributed by atoms with Gasteiger partial charge in [0.05, 0.1) is 25.9 Å². The van der Waals surface area contributed by atoms with Gasteiger partial charge in [0.1, 0.15) is 0 Å². The van der Waals surface area contributed by atoms with Gasteiger partial charge in [-0.15, -0.1) is 0 Å². The summed E-state index contributed by atoms with van der Waals surface area (Å²) in [5.41, 5.74) is 0. The van der Waals surface area contributed by atoms with Crippen molar-refractivity contribution in [3.05, 3.63) is 0 Å². The quantitative estimate of drug-likeness (QED) is 0.615. The van der Waals surface area contributed by atoms with E-state index < -0.39 is 0 Å². The van der Waals surface area contributed by atoms with Gasteiger partial charge in [-0.3, -0.25) is 4.99 Å². The van der Waals surface area contributed by atoms with Crippen LogP contribution in [0.1, 0.15) is 13.3 Å². The summed E-state index contributed by atoms with van der Waals surface area (Å²) in [6.07, 6.45) is 1.37. The summed E-state index contributed by atoms with van der Waals surface area (Å²) >= 11 is 2.07. The van der Waals surface area contributed by atoms with Crippen LogP contribution in [0.15, 0.2) is 4.99 Å². The summed E-state index contributed by atoms with van der Waals surface area (Å²) in [6.45, 7) is 7.27. The van der Waals surface area contributed by atoms with Crippen molar-refractivity contribution in [3.63, 3.8) is 0 Å². The molecule has 0 amide bonds. The summed E-state index contributed by atoms with van der Waals surface area (Å²) in [6, 6.07) is 0. The zero-order valence-corrected chi connectivity index (χ0v) is 12.7. The SMILES string of the molecule is CCC1CN(C(=NC)NCC2COCCO2)CCS1. The van der Waals surface area contributed by atoms with E-state index in [1.54, 1.807) is 0 Å². The van der Waals surface area contributed by atoms with Gasteiger partial charge in [0, 0.05) is 37.7 Å². The normalized spacial score (nSPS) is 29.4. The Kier molecular flexibility index (Phi) is 6.26. The predicted octanol–water partition coefficient (Wildman–Crippen LogP) is 0.805. The molecule has 1 N–H and O–H groups in total. The smallest absolute Gasteiger partial charge is 0.193 e. The topological polar surface area (TPSA) is 46.1 Å². The lowest BCUT2D eigenvalue weighted by atomic mass is 10.3. The molecular formula is C13H25N3O2S. The van der Waals surface area contributed by atoms with Gasteiger partial charge in [0.25, 0.3) is 0 Å². The Morgan fingerprint density at radius 1 is 1.47 bits per heavy atom. The van der Waals surface area contributed by atoms with Crippen LogP contribution in [-0.2, 0) is 9.47 Å². The molecule has 0 aromatic heterocycles. The average molecular weight is 287 g/mol. The fraction of sp³-hybridized carbons (Fsp3) is 0.923. The van der Waals surface area contributed by atoms with Gasteiger partial charge in [-0.05, 0) is 6.42 Å². The summed E-state index contributed by atoms with van der Waals surface area (Å²) in [7, 11) is 1.85. The maximum absolute atomic E-state index is 5.64. The number of thioether (sulfide) groups is 1. The molecule has 2 atom stereocenters. The molecule has 0 saturated carbocycles. The third-order valence-electron chi connectivity index (χ3n) is 3.48.